The van der Waals surface area contributed by atoms with Crippen LogP contribution in [0.1, 0.15) is 12.6 Å². The van der Waals surface area contributed by atoms with Crippen LogP contribution < -0.4 is 5.56 Å². The molecule has 27 heavy (non-hydrogen) atoms. The van der Waals surface area contributed by atoms with Gasteiger partial charge in [-0.2, -0.15) is 5.10 Å². The van der Waals surface area contributed by atoms with Crippen molar-refractivity contribution >= 4 is 17.2 Å². The minimum Gasteiger partial charge on any atom is -0.378 e. The van der Waals surface area contributed by atoms with E-state index < -0.39 is 0 Å². The van der Waals surface area contributed by atoms with Gasteiger partial charge in [0.15, 0.2) is 5.65 Å². The zero-order valence-electron chi connectivity index (χ0n) is 14.9. The molecule has 4 aromatic rings. The second kappa shape index (κ2) is 7.02. The Labute approximate surface area is 160 Å². The van der Waals surface area contributed by atoms with Crippen LogP contribution in [0.25, 0.3) is 28.2 Å². The molecule has 0 saturated carbocycles. The highest BCUT2D eigenvalue weighted by atomic mass is 35.5. The first-order valence-corrected chi connectivity index (χ1v) is 8.92. The summed E-state index contributed by atoms with van der Waals surface area (Å²) < 4.78 is 8.44. The van der Waals surface area contributed by atoms with Gasteiger partial charge in [-0.1, -0.05) is 41.9 Å². The highest BCUT2D eigenvalue weighted by Crippen LogP contribution is 2.30. The normalized spacial score (nSPS) is 11.4. The minimum absolute atomic E-state index is 0.239. The molecule has 0 saturated heterocycles. The van der Waals surface area contributed by atoms with Crippen molar-refractivity contribution < 1.29 is 4.74 Å². The zero-order valence-corrected chi connectivity index (χ0v) is 15.7. The maximum absolute atomic E-state index is 12.7. The molecule has 138 valence electrons. The molecule has 1 N–H and O–H groups in total. The molecule has 0 amide bonds. The molecule has 1 aromatic carbocycles. The lowest BCUT2D eigenvalue weighted by Gasteiger charge is -2.03. The molecule has 0 fully saturated rings. The Morgan fingerprint density at radius 3 is 2.70 bits per heavy atom. The van der Waals surface area contributed by atoms with E-state index in [2.05, 4.69) is 10.2 Å². The summed E-state index contributed by atoms with van der Waals surface area (Å²) in [5.41, 5.74) is 3.74. The number of hydrogen-bond acceptors (Lipinski definition) is 4. The largest absolute Gasteiger partial charge is 0.378 e. The Kier molecular flexibility index (Phi) is 4.55. The van der Waals surface area contributed by atoms with E-state index in [-0.39, 0.29) is 5.56 Å². The molecule has 0 aliphatic carbocycles. The van der Waals surface area contributed by atoms with Crippen LogP contribution in [0.4, 0.5) is 0 Å². The summed E-state index contributed by atoms with van der Waals surface area (Å²) in [6.45, 7) is 2.97. The monoisotopic (exact) mass is 383 g/mol. The average molecular weight is 384 g/mol. The van der Waals surface area contributed by atoms with Crippen LogP contribution in [-0.2, 0) is 17.9 Å². The Morgan fingerprint density at radius 1 is 1.26 bits per heavy atom. The number of aryl methyl sites for hydroxylation is 1. The first-order chi connectivity index (χ1) is 13.1. The smallest absolute Gasteiger partial charge is 0.273 e. The summed E-state index contributed by atoms with van der Waals surface area (Å²) in [6, 6.07) is 11.2. The van der Waals surface area contributed by atoms with Gasteiger partial charge in [0.05, 0.1) is 17.3 Å². The maximum Gasteiger partial charge on any atom is 0.273 e. The Hall–Kier alpha value is -2.90. The molecule has 0 aliphatic heterocycles. The van der Waals surface area contributed by atoms with E-state index in [9.17, 15) is 4.79 Å². The van der Waals surface area contributed by atoms with Crippen molar-refractivity contribution in [3.63, 3.8) is 0 Å². The van der Waals surface area contributed by atoms with E-state index in [0.29, 0.717) is 35.2 Å². The van der Waals surface area contributed by atoms with Crippen molar-refractivity contribution in [2.45, 2.75) is 20.1 Å². The van der Waals surface area contributed by atoms with Crippen LogP contribution in [0.3, 0.4) is 0 Å². The lowest BCUT2D eigenvalue weighted by Crippen LogP contribution is -2.14. The van der Waals surface area contributed by atoms with Crippen LogP contribution in [0.5, 0.6) is 0 Å². The minimum atomic E-state index is -0.239. The predicted molar refractivity (Wildman–Crippen MR) is 104 cm³/mol. The first kappa shape index (κ1) is 17.5. The quantitative estimate of drug-likeness (QED) is 0.573. The fourth-order valence-corrected chi connectivity index (χ4v) is 3.34. The molecule has 0 radical (unpaired) electrons. The number of hydrogen-bond donors (Lipinski definition) is 1. The molecule has 0 bridgehead atoms. The van der Waals surface area contributed by atoms with Gasteiger partial charge in [0.2, 0.25) is 0 Å². The Balaban J connectivity index is 2.00. The van der Waals surface area contributed by atoms with Crippen molar-refractivity contribution in [3.05, 3.63) is 63.7 Å². The Morgan fingerprint density at radius 2 is 2.04 bits per heavy atom. The van der Waals surface area contributed by atoms with Gasteiger partial charge < -0.3 is 4.74 Å². The summed E-state index contributed by atoms with van der Waals surface area (Å²) in [5.74, 6) is 0. The third-order valence-corrected chi connectivity index (χ3v) is 4.60. The van der Waals surface area contributed by atoms with Crippen LogP contribution in [0.2, 0.25) is 5.02 Å². The lowest BCUT2D eigenvalue weighted by molar-refractivity contribution is 0.181. The number of ether oxygens (including phenoxy) is 1. The first-order valence-electron chi connectivity index (χ1n) is 8.54. The third kappa shape index (κ3) is 3.05. The predicted octanol–water partition coefficient (Wildman–Crippen LogP) is 3.37. The highest BCUT2D eigenvalue weighted by molar-refractivity contribution is 6.32. The maximum atomic E-state index is 12.7. The van der Waals surface area contributed by atoms with Gasteiger partial charge in [0, 0.05) is 31.5 Å². The topological polar surface area (TPSA) is 77.2 Å². The second-order valence-corrected chi connectivity index (χ2v) is 6.49. The number of halogens is 1. The van der Waals surface area contributed by atoms with Crippen molar-refractivity contribution in [2.24, 2.45) is 0 Å². The standard InChI is InChI=1S/C19H18ClN5O2/c1-3-24-10-13(20)18(23-24)14-9-16(26)25-19(21-14)17(15(22-25)11-27-2)12-7-5-4-6-8-12/h4-10,22H,3,11H2,1-2H3. The summed E-state index contributed by atoms with van der Waals surface area (Å²) >= 11 is 6.31. The highest BCUT2D eigenvalue weighted by Gasteiger charge is 2.19. The van der Waals surface area contributed by atoms with Gasteiger partial charge in [-0.3, -0.25) is 14.6 Å². The van der Waals surface area contributed by atoms with Gasteiger partial charge in [0.25, 0.3) is 5.56 Å². The van der Waals surface area contributed by atoms with Gasteiger partial charge in [-0.05, 0) is 12.5 Å². The van der Waals surface area contributed by atoms with Crippen molar-refractivity contribution in [1.29, 1.82) is 0 Å². The van der Waals surface area contributed by atoms with Crippen LogP contribution >= 0.6 is 11.6 Å². The Bertz CT molecular complexity index is 1160. The summed E-state index contributed by atoms with van der Waals surface area (Å²) in [5, 5.41) is 7.99. The van der Waals surface area contributed by atoms with Crippen molar-refractivity contribution in [2.75, 3.05) is 7.11 Å². The number of fused-ring (bicyclic) bond motifs is 1. The van der Waals surface area contributed by atoms with Gasteiger partial charge in [0.1, 0.15) is 11.4 Å². The van der Waals surface area contributed by atoms with Crippen molar-refractivity contribution in [3.8, 4) is 22.5 Å². The summed E-state index contributed by atoms with van der Waals surface area (Å²) in [4.78, 5) is 17.4. The average Bonchev–Trinajstić information content (AvgIpc) is 3.23. The van der Waals surface area contributed by atoms with Gasteiger partial charge in [-0.25, -0.2) is 9.50 Å². The number of aromatic amines is 1. The number of nitrogens with zero attached hydrogens (tertiary/aromatic N) is 4. The van der Waals surface area contributed by atoms with Crippen LogP contribution in [0, 0.1) is 0 Å². The molecule has 3 heterocycles. The lowest BCUT2D eigenvalue weighted by atomic mass is 10.1. The van der Waals surface area contributed by atoms with E-state index >= 15 is 0 Å². The zero-order chi connectivity index (χ0) is 19.0. The molecule has 3 aromatic heterocycles. The molecule has 7 nitrogen and oxygen atoms in total. The van der Waals surface area contributed by atoms with Crippen molar-refractivity contribution in [1.82, 2.24) is 24.4 Å². The fourth-order valence-electron chi connectivity index (χ4n) is 3.09. The summed E-state index contributed by atoms with van der Waals surface area (Å²) in [7, 11) is 1.61. The molecule has 4 rings (SSSR count). The fraction of sp³-hybridized carbons (Fsp3) is 0.211. The number of nitrogens with one attached hydrogen (secondary N) is 1. The van der Waals surface area contributed by atoms with Gasteiger partial charge in [-0.15, -0.1) is 0 Å². The SMILES string of the molecule is CCn1cc(Cl)c(-c2cc(=O)n3[nH]c(COC)c(-c4ccccc4)c3n2)n1. The molecule has 0 unspecified atom stereocenters. The molecule has 0 spiro atoms. The number of benzene rings is 1. The van der Waals surface area contributed by atoms with Gasteiger partial charge >= 0.3 is 0 Å². The van der Waals surface area contributed by atoms with E-state index in [1.54, 1.807) is 18.0 Å². The molecular weight excluding hydrogens is 366 g/mol. The molecular formula is C19H18ClN5O2. The number of rotatable bonds is 5. The van der Waals surface area contributed by atoms with E-state index in [1.165, 1.54) is 10.6 Å². The number of aromatic nitrogens is 5. The molecule has 0 atom stereocenters. The van der Waals surface area contributed by atoms with Crippen LogP contribution in [-0.4, -0.2) is 31.5 Å². The van der Waals surface area contributed by atoms with E-state index in [0.717, 1.165) is 16.8 Å². The number of H-pyrrole nitrogens is 1. The second-order valence-electron chi connectivity index (χ2n) is 6.08. The van der Waals surface area contributed by atoms with E-state index in [4.69, 9.17) is 21.3 Å². The molecule has 0 aliphatic rings. The molecule has 8 heteroatoms. The summed E-state index contributed by atoms with van der Waals surface area (Å²) in [6.07, 6.45) is 1.73. The van der Waals surface area contributed by atoms with E-state index in [1.807, 2.05) is 37.3 Å². The third-order valence-electron chi connectivity index (χ3n) is 4.33. The number of methoxy groups -OCH3 is 1. The van der Waals surface area contributed by atoms with Crippen LogP contribution in [0.15, 0.2) is 47.4 Å².